The number of hydrogen-bond acceptors (Lipinski definition) is 3. The van der Waals surface area contributed by atoms with Crippen molar-refractivity contribution in [3.05, 3.63) is 59.7 Å². The molecule has 0 bridgehead atoms. The average molecular weight is 281 g/mol. The molecule has 3 heteroatoms. The van der Waals surface area contributed by atoms with Gasteiger partial charge >= 0.3 is 0 Å². The zero-order valence-corrected chi connectivity index (χ0v) is 12.2. The number of nitriles is 1. The summed E-state index contributed by atoms with van der Waals surface area (Å²) in [5.74, 6) is 1.67. The highest BCUT2D eigenvalue weighted by atomic mass is 16.5. The van der Waals surface area contributed by atoms with Gasteiger partial charge in [0.05, 0.1) is 24.8 Å². The Balaban J connectivity index is 1.66. The summed E-state index contributed by atoms with van der Waals surface area (Å²) in [6.07, 6.45) is 1.86. The molecule has 0 N–H and O–H groups in total. The molecule has 0 saturated heterocycles. The molecule has 0 amide bonds. The zero-order valence-electron chi connectivity index (χ0n) is 12.2. The van der Waals surface area contributed by atoms with Crippen LogP contribution in [0.3, 0.4) is 0 Å². The molecule has 0 aliphatic rings. The number of ether oxygens (including phenoxy) is 2. The lowest BCUT2D eigenvalue weighted by atomic mass is 10.2. The van der Waals surface area contributed by atoms with Crippen molar-refractivity contribution in [1.29, 1.82) is 5.26 Å². The molecule has 0 fully saturated rings. The molecule has 0 atom stereocenters. The monoisotopic (exact) mass is 281 g/mol. The van der Waals surface area contributed by atoms with Crippen LogP contribution in [0.5, 0.6) is 11.5 Å². The molecule has 2 rings (SSSR count). The summed E-state index contributed by atoms with van der Waals surface area (Å²) >= 11 is 0. The van der Waals surface area contributed by atoms with Gasteiger partial charge in [-0.2, -0.15) is 5.26 Å². The maximum atomic E-state index is 8.71. The molecule has 0 unspecified atom stereocenters. The van der Waals surface area contributed by atoms with E-state index in [4.69, 9.17) is 14.7 Å². The Morgan fingerprint density at radius 2 is 1.38 bits per heavy atom. The van der Waals surface area contributed by atoms with Crippen LogP contribution in [0.2, 0.25) is 0 Å². The molecule has 2 aromatic rings. The molecule has 0 saturated carbocycles. The number of hydrogen-bond donors (Lipinski definition) is 0. The lowest BCUT2D eigenvalue weighted by molar-refractivity contribution is 0.247. The highest BCUT2D eigenvalue weighted by molar-refractivity contribution is 5.34. The lowest BCUT2D eigenvalue weighted by Gasteiger charge is -2.08. The maximum Gasteiger partial charge on any atom is 0.119 e. The fraction of sp³-hybridized carbons (Fsp3) is 0.278. The van der Waals surface area contributed by atoms with Crippen LogP contribution in [0, 0.1) is 11.3 Å². The molecule has 0 aromatic heterocycles. The lowest BCUT2D eigenvalue weighted by Crippen LogP contribution is -2.05. The van der Waals surface area contributed by atoms with Gasteiger partial charge in [-0.05, 0) is 48.4 Å². The van der Waals surface area contributed by atoms with E-state index >= 15 is 0 Å². The summed E-state index contributed by atoms with van der Waals surface area (Å²) < 4.78 is 11.2. The molecule has 0 radical (unpaired) electrons. The minimum Gasteiger partial charge on any atom is -0.493 e. The Morgan fingerprint density at radius 1 is 0.857 bits per heavy atom. The number of nitrogens with zero attached hydrogens (tertiary/aromatic N) is 1. The SMILES string of the molecule is CCc1ccc(OCCCOc2ccc(C#N)cc2)cc1. The van der Waals surface area contributed by atoms with Gasteiger partial charge < -0.3 is 9.47 Å². The normalized spacial score (nSPS) is 9.90. The molecule has 0 aliphatic heterocycles. The molecule has 3 nitrogen and oxygen atoms in total. The van der Waals surface area contributed by atoms with Crippen LogP contribution in [0.4, 0.5) is 0 Å². The molecule has 0 heterocycles. The van der Waals surface area contributed by atoms with Gasteiger partial charge in [0.25, 0.3) is 0 Å². The molecular formula is C18H19NO2. The van der Waals surface area contributed by atoms with Crippen LogP contribution in [-0.4, -0.2) is 13.2 Å². The van der Waals surface area contributed by atoms with E-state index in [1.807, 2.05) is 24.3 Å². The van der Waals surface area contributed by atoms with Crippen molar-refractivity contribution in [1.82, 2.24) is 0 Å². The van der Waals surface area contributed by atoms with Gasteiger partial charge in [-0.25, -0.2) is 0 Å². The predicted octanol–water partition coefficient (Wildman–Crippen LogP) is 3.97. The second-order valence-electron chi connectivity index (χ2n) is 4.68. The Hall–Kier alpha value is -2.47. The van der Waals surface area contributed by atoms with Gasteiger partial charge in [0, 0.05) is 6.42 Å². The van der Waals surface area contributed by atoms with E-state index in [0.29, 0.717) is 18.8 Å². The summed E-state index contributed by atoms with van der Waals surface area (Å²) in [4.78, 5) is 0. The summed E-state index contributed by atoms with van der Waals surface area (Å²) in [6.45, 7) is 3.36. The van der Waals surface area contributed by atoms with Gasteiger partial charge in [-0.3, -0.25) is 0 Å². The van der Waals surface area contributed by atoms with Crippen LogP contribution < -0.4 is 9.47 Å². The molecule has 2 aromatic carbocycles. The van der Waals surface area contributed by atoms with Crippen molar-refractivity contribution in [2.45, 2.75) is 19.8 Å². The van der Waals surface area contributed by atoms with Gasteiger partial charge in [-0.1, -0.05) is 19.1 Å². The number of aryl methyl sites for hydroxylation is 1. The second-order valence-corrected chi connectivity index (χ2v) is 4.68. The Kier molecular flexibility index (Phi) is 5.66. The smallest absolute Gasteiger partial charge is 0.119 e. The largest absolute Gasteiger partial charge is 0.493 e. The van der Waals surface area contributed by atoms with E-state index in [1.54, 1.807) is 12.1 Å². The minimum atomic E-state index is 0.596. The first-order valence-corrected chi connectivity index (χ1v) is 7.16. The zero-order chi connectivity index (χ0) is 14.9. The van der Waals surface area contributed by atoms with Crippen LogP contribution in [0.1, 0.15) is 24.5 Å². The third-order valence-corrected chi connectivity index (χ3v) is 3.14. The van der Waals surface area contributed by atoms with Crippen molar-refractivity contribution in [3.63, 3.8) is 0 Å². The quantitative estimate of drug-likeness (QED) is 0.721. The summed E-state index contributed by atoms with van der Waals surface area (Å²) in [5.41, 5.74) is 1.95. The van der Waals surface area contributed by atoms with E-state index < -0.39 is 0 Å². The van der Waals surface area contributed by atoms with E-state index in [9.17, 15) is 0 Å². The third kappa shape index (κ3) is 4.85. The van der Waals surface area contributed by atoms with Gasteiger partial charge in [0.15, 0.2) is 0 Å². The van der Waals surface area contributed by atoms with Crippen LogP contribution in [0.15, 0.2) is 48.5 Å². The second kappa shape index (κ2) is 7.96. The molecule has 0 spiro atoms. The predicted molar refractivity (Wildman–Crippen MR) is 82.6 cm³/mol. The van der Waals surface area contributed by atoms with Crippen molar-refractivity contribution >= 4 is 0 Å². The van der Waals surface area contributed by atoms with Crippen LogP contribution in [-0.2, 0) is 6.42 Å². The number of benzene rings is 2. The molecule has 0 aliphatic carbocycles. The van der Waals surface area contributed by atoms with Crippen LogP contribution >= 0.6 is 0 Å². The molecule has 21 heavy (non-hydrogen) atoms. The Labute approximate surface area is 125 Å². The molecular weight excluding hydrogens is 262 g/mol. The van der Waals surface area contributed by atoms with Crippen molar-refractivity contribution in [2.24, 2.45) is 0 Å². The first-order chi connectivity index (χ1) is 10.3. The third-order valence-electron chi connectivity index (χ3n) is 3.14. The van der Waals surface area contributed by atoms with E-state index in [1.165, 1.54) is 5.56 Å². The standard InChI is InChI=1S/C18H19NO2/c1-2-15-4-8-17(9-5-15)20-12-3-13-21-18-10-6-16(14-19)7-11-18/h4-11H,2-3,12-13H2,1H3. The van der Waals surface area contributed by atoms with Crippen LogP contribution in [0.25, 0.3) is 0 Å². The van der Waals surface area contributed by atoms with Crippen molar-refractivity contribution < 1.29 is 9.47 Å². The highest BCUT2D eigenvalue weighted by Gasteiger charge is 1.97. The summed E-state index contributed by atoms with van der Waals surface area (Å²) in [7, 11) is 0. The molecule has 108 valence electrons. The van der Waals surface area contributed by atoms with Crippen molar-refractivity contribution in [3.8, 4) is 17.6 Å². The minimum absolute atomic E-state index is 0.596. The Morgan fingerprint density at radius 3 is 1.86 bits per heavy atom. The van der Waals surface area contributed by atoms with E-state index in [0.717, 1.165) is 24.3 Å². The first kappa shape index (κ1) is 14.9. The topological polar surface area (TPSA) is 42.2 Å². The average Bonchev–Trinajstić information content (AvgIpc) is 2.55. The first-order valence-electron chi connectivity index (χ1n) is 7.16. The fourth-order valence-corrected chi connectivity index (χ4v) is 1.89. The fourth-order valence-electron chi connectivity index (χ4n) is 1.89. The summed E-state index contributed by atoms with van der Waals surface area (Å²) in [6, 6.07) is 17.4. The Bertz CT molecular complexity index is 582. The van der Waals surface area contributed by atoms with Crippen molar-refractivity contribution in [2.75, 3.05) is 13.2 Å². The van der Waals surface area contributed by atoms with E-state index in [-0.39, 0.29) is 0 Å². The maximum absolute atomic E-state index is 8.71. The van der Waals surface area contributed by atoms with Gasteiger partial charge in [0.1, 0.15) is 11.5 Å². The van der Waals surface area contributed by atoms with Gasteiger partial charge in [-0.15, -0.1) is 0 Å². The highest BCUT2D eigenvalue weighted by Crippen LogP contribution is 2.14. The number of rotatable bonds is 7. The van der Waals surface area contributed by atoms with Gasteiger partial charge in [0.2, 0.25) is 0 Å². The van der Waals surface area contributed by atoms with E-state index in [2.05, 4.69) is 25.1 Å². The summed E-state index contributed by atoms with van der Waals surface area (Å²) in [5, 5.41) is 8.71.